The molecule has 0 bridgehead atoms. The summed E-state index contributed by atoms with van der Waals surface area (Å²) in [6, 6.07) is 12.5. The zero-order valence-electron chi connectivity index (χ0n) is 14.9. The number of halogens is 2. The Balaban J connectivity index is 0.000000227. The smallest absolute Gasteiger partial charge is 0.150 e. The van der Waals surface area contributed by atoms with Gasteiger partial charge in [0.2, 0.25) is 0 Å². The summed E-state index contributed by atoms with van der Waals surface area (Å²) in [4.78, 5) is 9.99. The van der Waals surface area contributed by atoms with Crippen molar-refractivity contribution in [3.05, 3.63) is 71.3 Å². The summed E-state index contributed by atoms with van der Waals surface area (Å²) in [5, 5.41) is 0. The molecule has 1 fully saturated rings. The van der Waals surface area contributed by atoms with Gasteiger partial charge in [0, 0.05) is 5.56 Å². The number of hydrogen-bond donors (Lipinski definition) is 2. The highest BCUT2D eigenvalue weighted by atomic mass is 32.2. The number of hydrogen-bond acceptors (Lipinski definition) is 5. The van der Waals surface area contributed by atoms with Crippen molar-refractivity contribution in [2.24, 2.45) is 0 Å². The van der Waals surface area contributed by atoms with Gasteiger partial charge in [-0.3, -0.25) is 4.79 Å². The molecule has 0 atom stereocenters. The first-order valence-electron chi connectivity index (χ1n) is 8.51. The Morgan fingerprint density at radius 3 is 2.00 bits per heavy atom. The van der Waals surface area contributed by atoms with Crippen LogP contribution in [-0.4, -0.2) is 29.3 Å². The lowest BCUT2D eigenvalue weighted by Gasteiger charge is -2.20. The average molecular weight is 447 g/mol. The summed E-state index contributed by atoms with van der Waals surface area (Å²) >= 11 is 11.7. The van der Waals surface area contributed by atoms with Crippen LogP contribution < -0.4 is 0 Å². The summed E-state index contributed by atoms with van der Waals surface area (Å²) in [6.45, 7) is 0. The van der Waals surface area contributed by atoms with Crippen LogP contribution in [0, 0.1) is 11.6 Å². The molecule has 0 unspecified atom stereocenters. The molecular formula is C20H24F2OS4. The van der Waals surface area contributed by atoms with Crippen LogP contribution in [0.15, 0.2) is 48.5 Å². The Morgan fingerprint density at radius 1 is 0.963 bits per heavy atom. The summed E-state index contributed by atoms with van der Waals surface area (Å²) < 4.78 is 25.5. The van der Waals surface area contributed by atoms with E-state index in [1.54, 1.807) is 18.2 Å². The molecule has 7 heteroatoms. The minimum absolute atomic E-state index is 0.121. The number of thiol groups is 2. The lowest BCUT2D eigenvalue weighted by Crippen LogP contribution is -2.00. The van der Waals surface area contributed by atoms with E-state index < -0.39 is 0 Å². The molecule has 2 aromatic rings. The second kappa shape index (κ2) is 15.3. The van der Waals surface area contributed by atoms with Gasteiger partial charge < -0.3 is 0 Å². The maximum absolute atomic E-state index is 12.9. The van der Waals surface area contributed by atoms with Gasteiger partial charge in [0.15, 0.2) is 0 Å². The third kappa shape index (κ3) is 11.1. The van der Waals surface area contributed by atoms with Crippen LogP contribution in [0.25, 0.3) is 0 Å². The summed E-state index contributed by atoms with van der Waals surface area (Å²) in [5.41, 5.74) is 1.49. The fourth-order valence-corrected chi connectivity index (χ4v) is 5.42. The summed E-state index contributed by atoms with van der Waals surface area (Å²) in [5.74, 6) is 3.83. The number of benzene rings is 2. The lowest BCUT2D eigenvalue weighted by atomic mass is 10.2. The molecule has 1 heterocycles. The standard InChI is InChI=1S/C10H11FS2.C7H5FO.C3H8S2/c11-9-4-1-3-8(7-9)10-12-5-2-6-13-10;8-7-3-1-2-6(4-7)5-9;4-2-1-3-5/h1,3-4,7,10H,2,5-6H2;1-5H;4-5H,1-3H2. The Kier molecular flexibility index (Phi) is 13.8. The molecule has 1 aliphatic rings. The van der Waals surface area contributed by atoms with E-state index in [1.165, 1.54) is 42.2 Å². The molecule has 0 aromatic heterocycles. The molecule has 3 rings (SSSR count). The molecule has 1 aliphatic heterocycles. The van der Waals surface area contributed by atoms with Gasteiger partial charge in [-0.15, -0.1) is 23.5 Å². The van der Waals surface area contributed by atoms with Gasteiger partial charge in [-0.25, -0.2) is 8.78 Å². The predicted molar refractivity (Wildman–Crippen MR) is 123 cm³/mol. The highest BCUT2D eigenvalue weighted by Gasteiger charge is 2.16. The largest absolute Gasteiger partial charge is 0.298 e. The van der Waals surface area contributed by atoms with Gasteiger partial charge in [-0.05, 0) is 65.7 Å². The first-order valence-corrected chi connectivity index (χ1v) is 11.9. The second-order valence-electron chi connectivity index (χ2n) is 5.46. The van der Waals surface area contributed by atoms with Crippen LogP contribution in [0.2, 0.25) is 0 Å². The number of aldehydes is 1. The highest BCUT2D eigenvalue weighted by Crippen LogP contribution is 2.43. The zero-order chi connectivity index (χ0) is 19.9. The molecule has 1 saturated heterocycles. The maximum atomic E-state index is 12.9. The number of thioether (sulfide) groups is 2. The van der Waals surface area contributed by atoms with Crippen molar-refractivity contribution < 1.29 is 13.6 Å². The van der Waals surface area contributed by atoms with E-state index in [1.807, 2.05) is 29.6 Å². The van der Waals surface area contributed by atoms with Gasteiger partial charge in [0.05, 0.1) is 4.58 Å². The van der Waals surface area contributed by atoms with Crippen molar-refractivity contribution in [3.8, 4) is 0 Å². The van der Waals surface area contributed by atoms with Crippen LogP contribution in [0.1, 0.15) is 33.3 Å². The van der Waals surface area contributed by atoms with Gasteiger partial charge in [0.1, 0.15) is 17.9 Å². The molecule has 1 nitrogen and oxygen atoms in total. The van der Waals surface area contributed by atoms with E-state index in [0.717, 1.165) is 23.5 Å². The molecule has 0 aliphatic carbocycles. The van der Waals surface area contributed by atoms with Crippen LogP contribution in [-0.2, 0) is 0 Å². The predicted octanol–water partition coefficient (Wildman–Crippen LogP) is 6.57. The van der Waals surface area contributed by atoms with E-state index in [9.17, 15) is 13.6 Å². The normalized spacial score (nSPS) is 13.6. The maximum Gasteiger partial charge on any atom is 0.150 e. The molecule has 27 heavy (non-hydrogen) atoms. The molecule has 0 radical (unpaired) electrons. The Morgan fingerprint density at radius 2 is 1.56 bits per heavy atom. The SMILES string of the molecule is Fc1cccc(C2SCCCS2)c1.O=Cc1cccc(F)c1.SCCCS. The van der Waals surface area contributed by atoms with E-state index in [0.29, 0.717) is 16.4 Å². The molecule has 148 valence electrons. The lowest BCUT2D eigenvalue weighted by molar-refractivity contribution is 0.112. The number of carbonyl (C=O) groups is 1. The van der Waals surface area contributed by atoms with Crippen molar-refractivity contribution in [1.29, 1.82) is 0 Å². The van der Waals surface area contributed by atoms with E-state index in [2.05, 4.69) is 25.3 Å². The van der Waals surface area contributed by atoms with E-state index >= 15 is 0 Å². The Labute approximate surface area is 179 Å². The second-order valence-corrected chi connectivity index (χ2v) is 9.07. The van der Waals surface area contributed by atoms with Crippen molar-refractivity contribution in [2.45, 2.75) is 17.4 Å². The third-order valence-electron chi connectivity index (χ3n) is 3.25. The van der Waals surface area contributed by atoms with Crippen molar-refractivity contribution in [2.75, 3.05) is 23.0 Å². The fraction of sp³-hybridized carbons (Fsp3) is 0.350. The van der Waals surface area contributed by atoms with Gasteiger partial charge >= 0.3 is 0 Å². The van der Waals surface area contributed by atoms with Crippen molar-refractivity contribution >= 4 is 55.1 Å². The molecule has 0 saturated carbocycles. The fourth-order valence-electron chi connectivity index (χ4n) is 1.98. The van der Waals surface area contributed by atoms with Gasteiger partial charge in [-0.1, -0.05) is 24.3 Å². The third-order valence-corrected chi connectivity index (χ3v) is 6.90. The molecule has 2 aromatic carbocycles. The molecule has 0 N–H and O–H groups in total. The number of carbonyl (C=O) groups excluding carboxylic acids is 1. The first kappa shape index (κ1) is 24.4. The minimum Gasteiger partial charge on any atom is -0.298 e. The topological polar surface area (TPSA) is 17.1 Å². The van der Waals surface area contributed by atoms with Crippen LogP contribution >= 0.6 is 48.8 Å². The van der Waals surface area contributed by atoms with Crippen LogP contribution in [0.5, 0.6) is 0 Å². The molecule has 0 spiro atoms. The van der Waals surface area contributed by atoms with Crippen molar-refractivity contribution in [3.63, 3.8) is 0 Å². The quantitative estimate of drug-likeness (QED) is 0.409. The van der Waals surface area contributed by atoms with E-state index in [4.69, 9.17) is 0 Å². The average Bonchev–Trinajstić information content (AvgIpc) is 2.70. The van der Waals surface area contributed by atoms with Gasteiger partial charge in [0.25, 0.3) is 0 Å². The summed E-state index contributed by atoms with van der Waals surface area (Å²) in [6.07, 6.45) is 3.01. The summed E-state index contributed by atoms with van der Waals surface area (Å²) in [7, 11) is 0. The van der Waals surface area contributed by atoms with Crippen LogP contribution in [0.3, 0.4) is 0 Å². The van der Waals surface area contributed by atoms with E-state index in [-0.39, 0.29) is 11.6 Å². The number of rotatable bonds is 4. The zero-order valence-corrected chi connectivity index (χ0v) is 18.3. The first-order chi connectivity index (χ1) is 13.1. The Hall–Kier alpha value is -0.630. The molecule has 0 amide bonds. The Bertz CT molecular complexity index is 662. The monoisotopic (exact) mass is 446 g/mol. The van der Waals surface area contributed by atoms with Gasteiger partial charge in [-0.2, -0.15) is 25.3 Å². The minimum atomic E-state index is -0.375. The highest BCUT2D eigenvalue weighted by molar-refractivity contribution is 8.16. The van der Waals surface area contributed by atoms with Crippen molar-refractivity contribution in [1.82, 2.24) is 0 Å². The van der Waals surface area contributed by atoms with Crippen LogP contribution in [0.4, 0.5) is 8.78 Å². The molecular weight excluding hydrogens is 422 g/mol.